The van der Waals surface area contributed by atoms with Gasteiger partial charge in [0.1, 0.15) is 29.0 Å². The molecule has 4 rings (SSSR count). The number of hydrogen-bond acceptors (Lipinski definition) is 8. The van der Waals surface area contributed by atoms with Crippen LogP contribution < -0.4 is 20.9 Å². The number of urea groups is 1. The van der Waals surface area contributed by atoms with Crippen molar-refractivity contribution in [3.05, 3.63) is 76.8 Å². The second kappa shape index (κ2) is 12.3. The third kappa shape index (κ3) is 6.97. The predicted molar refractivity (Wildman–Crippen MR) is 154 cm³/mol. The number of pyridine rings is 1. The van der Waals surface area contributed by atoms with Gasteiger partial charge in [-0.1, -0.05) is 52.0 Å². The van der Waals surface area contributed by atoms with E-state index in [1.807, 2.05) is 52.0 Å². The molecule has 2 atom stereocenters. The number of nitrogens with one attached hydrogen (secondary N) is 4. The maximum atomic E-state index is 13.1. The minimum Gasteiger partial charge on any atom is -0.484 e. The molecule has 0 radical (unpaired) electrons. The first-order valence-corrected chi connectivity index (χ1v) is 13.7. The number of ether oxygens (including phenoxy) is 2. The maximum Gasteiger partial charge on any atom is 0.376 e. The lowest BCUT2D eigenvalue weighted by Gasteiger charge is -2.32. The zero-order valence-electron chi connectivity index (χ0n) is 24.1. The second-order valence-electron chi connectivity index (χ2n) is 10.8. The van der Waals surface area contributed by atoms with Crippen LogP contribution in [-0.2, 0) is 10.2 Å². The molecular formula is C30H37N7O4. The summed E-state index contributed by atoms with van der Waals surface area (Å²) >= 11 is 0. The molecule has 0 bridgehead atoms. The summed E-state index contributed by atoms with van der Waals surface area (Å²) in [7, 11) is 0. The standard InChI is InChI=1S/C30H37N7O4/c1-6-24(31)37-17-18(12-15-25(37)32)41-22-14-13-21(19-10-8-9-11-20(19)22)33-29(39)36-26-16-23(30(3,4)5)34-27(35-26)28(38)40-7-2/h8-12,15-17,21-22,31-32H,6-7,13-14H2,1-5H3,(H2,33,34,35,36,39)/t21-,22+/m0/s1. The lowest BCUT2D eigenvalue weighted by Crippen LogP contribution is -2.36. The molecular weight excluding hydrogens is 522 g/mol. The molecule has 216 valence electrons. The van der Waals surface area contributed by atoms with Crippen molar-refractivity contribution < 1.29 is 19.1 Å². The van der Waals surface area contributed by atoms with Gasteiger partial charge < -0.3 is 14.8 Å². The summed E-state index contributed by atoms with van der Waals surface area (Å²) in [5.74, 6) is 0.334. The van der Waals surface area contributed by atoms with Gasteiger partial charge in [-0.25, -0.2) is 19.6 Å². The summed E-state index contributed by atoms with van der Waals surface area (Å²) in [6, 6.07) is 12.1. The van der Waals surface area contributed by atoms with Gasteiger partial charge in [0, 0.05) is 17.9 Å². The Morgan fingerprint density at radius 2 is 1.80 bits per heavy atom. The molecule has 0 saturated heterocycles. The third-order valence-electron chi connectivity index (χ3n) is 6.76. The lowest BCUT2D eigenvalue weighted by atomic mass is 9.85. The summed E-state index contributed by atoms with van der Waals surface area (Å²) in [6.07, 6.45) is 3.19. The molecule has 11 nitrogen and oxygen atoms in total. The Labute approximate surface area is 239 Å². The zero-order valence-corrected chi connectivity index (χ0v) is 24.1. The van der Waals surface area contributed by atoms with Crippen molar-refractivity contribution in [3.63, 3.8) is 0 Å². The number of hydrogen-bond donors (Lipinski definition) is 4. The number of rotatable bonds is 7. The molecule has 1 aromatic carbocycles. The molecule has 0 saturated carbocycles. The van der Waals surface area contributed by atoms with Crippen LogP contribution in [0.5, 0.6) is 5.75 Å². The molecule has 3 aromatic rings. The number of aromatic nitrogens is 3. The fourth-order valence-corrected chi connectivity index (χ4v) is 4.62. The lowest BCUT2D eigenvalue weighted by molar-refractivity contribution is 0.0511. The zero-order chi connectivity index (χ0) is 29.7. The average molecular weight is 560 g/mol. The van der Waals surface area contributed by atoms with Crippen molar-refractivity contribution >= 4 is 23.7 Å². The highest BCUT2D eigenvalue weighted by molar-refractivity contribution is 5.90. The van der Waals surface area contributed by atoms with Crippen molar-refractivity contribution in [2.75, 3.05) is 11.9 Å². The van der Waals surface area contributed by atoms with E-state index in [1.165, 1.54) is 4.57 Å². The van der Waals surface area contributed by atoms with Crippen LogP contribution in [0.4, 0.5) is 10.6 Å². The quantitative estimate of drug-likeness (QED) is 0.176. The SMILES string of the molecule is CCOC(=O)c1nc(NC(=O)N[C@H]2CC[C@@H](Oc3ccc(=N)n(C(=N)CC)c3)c3ccccc32)cc(C(C)(C)C)n1. The number of carbonyl (C=O) groups is 2. The van der Waals surface area contributed by atoms with E-state index in [0.29, 0.717) is 36.5 Å². The average Bonchev–Trinajstić information content (AvgIpc) is 2.94. The van der Waals surface area contributed by atoms with E-state index in [1.54, 1.807) is 31.3 Å². The molecule has 11 heteroatoms. The van der Waals surface area contributed by atoms with Gasteiger partial charge in [0.25, 0.3) is 0 Å². The molecule has 41 heavy (non-hydrogen) atoms. The highest BCUT2D eigenvalue weighted by Gasteiger charge is 2.30. The van der Waals surface area contributed by atoms with Gasteiger partial charge in [0.15, 0.2) is 0 Å². The molecule has 2 aromatic heterocycles. The maximum absolute atomic E-state index is 13.1. The number of benzene rings is 1. The number of esters is 1. The van der Waals surface area contributed by atoms with Gasteiger partial charge in [0.2, 0.25) is 5.82 Å². The van der Waals surface area contributed by atoms with Gasteiger partial charge in [-0.2, -0.15) is 0 Å². The second-order valence-corrected chi connectivity index (χ2v) is 10.8. The Bertz CT molecular complexity index is 1510. The molecule has 1 aliphatic carbocycles. The van der Waals surface area contributed by atoms with Crippen molar-refractivity contribution in [1.82, 2.24) is 19.9 Å². The van der Waals surface area contributed by atoms with Gasteiger partial charge in [-0.05, 0) is 43.0 Å². The molecule has 2 amide bonds. The summed E-state index contributed by atoms with van der Waals surface area (Å²) in [5, 5.41) is 22.0. The van der Waals surface area contributed by atoms with E-state index in [-0.39, 0.29) is 41.3 Å². The number of anilines is 1. The number of amides is 2. The number of nitrogens with zero attached hydrogens (tertiary/aromatic N) is 3. The van der Waals surface area contributed by atoms with Crippen molar-refractivity contribution in [1.29, 1.82) is 10.8 Å². The molecule has 0 spiro atoms. The van der Waals surface area contributed by atoms with E-state index in [4.69, 9.17) is 20.3 Å². The van der Waals surface area contributed by atoms with Crippen LogP contribution in [-0.4, -0.2) is 39.0 Å². The Kier molecular flexibility index (Phi) is 8.85. The first-order valence-electron chi connectivity index (χ1n) is 13.7. The topological polar surface area (TPSA) is 155 Å². The largest absolute Gasteiger partial charge is 0.484 e. The Balaban J connectivity index is 1.52. The fourth-order valence-electron chi connectivity index (χ4n) is 4.62. The van der Waals surface area contributed by atoms with Gasteiger partial charge in [-0.15, -0.1) is 0 Å². The molecule has 0 unspecified atom stereocenters. The molecule has 0 fully saturated rings. The van der Waals surface area contributed by atoms with E-state index in [9.17, 15) is 9.59 Å². The van der Waals surface area contributed by atoms with Crippen LogP contribution in [0, 0.1) is 10.8 Å². The minimum absolute atomic E-state index is 0.105. The van der Waals surface area contributed by atoms with E-state index >= 15 is 0 Å². The molecule has 1 aliphatic rings. The third-order valence-corrected chi connectivity index (χ3v) is 6.76. The van der Waals surface area contributed by atoms with E-state index < -0.39 is 12.0 Å². The first kappa shape index (κ1) is 29.4. The molecule has 0 aliphatic heterocycles. The van der Waals surface area contributed by atoms with Crippen molar-refractivity contribution in [3.8, 4) is 5.75 Å². The minimum atomic E-state index is -0.649. The fraction of sp³-hybridized carbons (Fsp3) is 0.400. The van der Waals surface area contributed by atoms with Crippen LogP contribution in [0.3, 0.4) is 0 Å². The van der Waals surface area contributed by atoms with Gasteiger partial charge >= 0.3 is 12.0 Å². The summed E-state index contributed by atoms with van der Waals surface area (Å²) in [4.78, 5) is 34.0. The Morgan fingerprint density at radius 1 is 1.07 bits per heavy atom. The smallest absolute Gasteiger partial charge is 0.376 e. The highest BCUT2D eigenvalue weighted by atomic mass is 16.5. The predicted octanol–water partition coefficient (Wildman–Crippen LogP) is 5.24. The van der Waals surface area contributed by atoms with Gasteiger partial charge in [0.05, 0.1) is 24.5 Å². The number of carbonyl (C=O) groups excluding carboxylic acids is 2. The van der Waals surface area contributed by atoms with Crippen LogP contribution in [0.2, 0.25) is 0 Å². The van der Waals surface area contributed by atoms with Crippen LogP contribution >= 0.6 is 0 Å². The number of fused-ring (bicyclic) bond motifs is 1. The van der Waals surface area contributed by atoms with Crippen LogP contribution in [0.15, 0.2) is 48.7 Å². The highest BCUT2D eigenvalue weighted by Crippen LogP contribution is 2.38. The first-order chi connectivity index (χ1) is 19.5. The summed E-state index contributed by atoms with van der Waals surface area (Å²) in [5.41, 5.74) is 2.33. The van der Waals surface area contributed by atoms with E-state index in [0.717, 1.165) is 11.1 Å². The van der Waals surface area contributed by atoms with Crippen molar-refractivity contribution in [2.45, 2.75) is 71.4 Å². The Morgan fingerprint density at radius 3 is 2.49 bits per heavy atom. The van der Waals surface area contributed by atoms with Crippen LogP contribution in [0.1, 0.15) is 93.5 Å². The normalized spacial score (nSPS) is 16.3. The summed E-state index contributed by atoms with van der Waals surface area (Å²) in [6.45, 7) is 9.64. The van der Waals surface area contributed by atoms with E-state index in [2.05, 4.69) is 20.6 Å². The van der Waals surface area contributed by atoms with Crippen molar-refractivity contribution in [2.24, 2.45) is 0 Å². The Hall–Kier alpha value is -4.54. The molecule has 4 N–H and O–H groups in total. The van der Waals surface area contributed by atoms with Gasteiger partial charge in [-0.3, -0.25) is 20.7 Å². The van der Waals surface area contributed by atoms with Crippen LogP contribution in [0.25, 0.3) is 0 Å². The molecule has 2 heterocycles. The monoisotopic (exact) mass is 559 g/mol. The summed E-state index contributed by atoms with van der Waals surface area (Å²) < 4.78 is 12.9.